The second-order valence-corrected chi connectivity index (χ2v) is 10.3. The van der Waals surface area contributed by atoms with E-state index in [0.29, 0.717) is 47.3 Å². The Morgan fingerprint density at radius 3 is 2.69 bits per heavy atom. The summed E-state index contributed by atoms with van der Waals surface area (Å²) in [6.07, 6.45) is 3.42. The lowest BCUT2D eigenvalue weighted by atomic mass is 9.78. The van der Waals surface area contributed by atoms with Crippen LogP contribution in [0.1, 0.15) is 33.1 Å². The van der Waals surface area contributed by atoms with Gasteiger partial charge in [-0.15, -0.1) is 0 Å². The van der Waals surface area contributed by atoms with E-state index in [1.54, 1.807) is 26.2 Å². The Kier molecular flexibility index (Phi) is 4.99. The summed E-state index contributed by atoms with van der Waals surface area (Å²) >= 11 is 0. The van der Waals surface area contributed by atoms with Gasteiger partial charge in [0, 0.05) is 37.9 Å². The Bertz CT molecular complexity index is 1360. The number of piperidine rings is 1. The first-order chi connectivity index (χ1) is 17.2. The highest BCUT2D eigenvalue weighted by atomic mass is 16.5. The van der Waals surface area contributed by atoms with Gasteiger partial charge in [-0.1, -0.05) is 0 Å². The topological polar surface area (TPSA) is 133 Å². The fourth-order valence-electron chi connectivity index (χ4n) is 5.33. The molecule has 11 heteroatoms. The standard InChI is InChI=1S/C25H28N6O5/c1-24(2)21(32)27-17-13-15(3-4-18(17)36-24)26-22-28-16-5-12-35-19(16)20(29-22)31-11-8-25(14-31)6-9-30(10-7-25)23(33)34/h3-5,12-13H,6-11,14H2,1-2H3,(H,27,32)(H,33,34)(H,26,28,29). The molecular weight excluding hydrogens is 464 g/mol. The van der Waals surface area contributed by atoms with Crippen molar-refractivity contribution in [1.82, 2.24) is 14.9 Å². The Labute approximate surface area is 207 Å². The molecule has 6 rings (SSSR count). The third-order valence-corrected chi connectivity index (χ3v) is 7.51. The number of likely N-dealkylation sites (tertiary alicyclic amines) is 1. The van der Waals surface area contributed by atoms with E-state index in [0.717, 1.165) is 38.2 Å². The number of carbonyl (C=O) groups excluding carboxylic acids is 1. The molecular formula is C25H28N6O5. The van der Waals surface area contributed by atoms with Gasteiger partial charge in [-0.05, 0) is 56.7 Å². The van der Waals surface area contributed by atoms with E-state index in [-0.39, 0.29) is 11.3 Å². The first-order valence-electron chi connectivity index (χ1n) is 12.1. The van der Waals surface area contributed by atoms with E-state index < -0.39 is 11.7 Å². The number of benzene rings is 1. The number of anilines is 4. The fourth-order valence-corrected chi connectivity index (χ4v) is 5.33. The van der Waals surface area contributed by atoms with E-state index in [1.807, 2.05) is 18.2 Å². The maximum Gasteiger partial charge on any atom is 0.407 e. The Hall–Kier alpha value is -4.02. The van der Waals surface area contributed by atoms with Crippen molar-refractivity contribution in [2.75, 3.05) is 41.7 Å². The highest BCUT2D eigenvalue weighted by molar-refractivity contribution is 6.00. The normalized spacial score (nSPS) is 20.2. The lowest BCUT2D eigenvalue weighted by Crippen LogP contribution is -2.45. The van der Waals surface area contributed by atoms with Gasteiger partial charge in [-0.2, -0.15) is 4.98 Å². The van der Waals surface area contributed by atoms with Crippen LogP contribution in [0.4, 0.5) is 27.9 Å². The molecule has 0 radical (unpaired) electrons. The van der Waals surface area contributed by atoms with Crippen LogP contribution in [-0.4, -0.2) is 63.8 Å². The zero-order valence-corrected chi connectivity index (χ0v) is 20.2. The molecule has 188 valence electrons. The number of furan rings is 1. The summed E-state index contributed by atoms with van der Waals surface area (Å²) in [6, 6.07) is 7.28. The summed E-state index contributed by atoms with van der Waals surface area (Å²) in [5.74, 6) is 1.54. The molecule has 1 aromatic carbocycles. The summed E-state index contributed by atoms with van der Waals surface area (Å²) in [4.78, 5) is 36.8. The number of ether oxygens (including phenoxy) is 1. The van der Waals surface area contributed by atoms with E-state index in [1.165, 1.54) is 4.90 Å². The lowest BCUT2D eigenvalue weighted by molar-refractivity contribution is -0.129. The minimum absolute atomic E-state index is 0.0773. The van der Waals surface area contributed by atoms with Crippen molar-refractivity contribution in [1.29, 1.82) is 0 Å². The zero-order valence-electron chi connectivity index (χ0n) is 20.2. The summed E-state index contributed by atoms with van der Waals surface area (Å²) in [5, 5.41) is 15.4. The largest absolute Gasteiger partial charge is 0.476 e. The number of nitrogens with zero attached hydrogens (tertiary/aromatic N) is 4. The van der Waals surface area contributed by atoms with Crippen molar-refractivity contribution >= 4 is 46.2 Å². The van der Waals surface area contributed by atoms with Gasteiger partial charge in [0.15, 0.2) is 17.0 Å². The SMILES string of the molecule is CC1(C)Oc2ccc(Nc3nc(N4CCC5(CCN(C(=O)O)CC5)C4)c4occc4n3)cc2NC1=O. The van der Waals surface area contributed by atoms with E-state index >= 15 is 0 Å². The van der Waals surface area contributed by atoms with Gasteiger partial charge >= 0.3 is 6.09 Å². The molecule has 1 spiro atoms. The van der Waals surface area contributed by atoms with Crippen LogP contribution in [0, 0.1) is 5.41 Å². The van der Waals surface area contributed by atoms with Crippen LogP contribution in [0.15, 0.2) is 34.9 Å². The van der Waals surface area contributed by atoms with E-state index in [9.17, 15) is 14.7 Å². The smallest absolute Gasteiger partial charge is 0.407 e. The van der Waals surface area contributed by atoms with Crippen LogP contribution in [0.25, 0.3) is 11.1 Å². The first-order valence-corrected chi connectivity index (χ1v) is 12.1. The van der Waals surface area contributed by atoms with Gasteiger partial charge < -0.3 is 34.7 Å². The average Bonchev–Trinajstić information content (AvgIpc) is 3.47. The van der Waals surface area contributed by atoms with Crippen LogP contribution in [-0.2, 0) is 4.79 Å². The summed E-state index contributed by atoms with van der Waals surface area (Å²) in [7, 11) is 0. The molecule has 2 saturated heterocycles. The quantitative estimate of drug-likeness (QED) is 0.495. The first kappa shape index (κ1) is 22.4. The molecule has 5 heterocycles. The molecule has 2 amide bonds. The molecule has 36 heavy (non-hydrogen) atoms. The predicted molar refractivity (Wildman–Crippen MR) is 133 cm³/mol. The number of amides is 2. The molecule has 3 aliphatic rings. The third kappa shape index (κ3) is 3.84. The highest BCUT2D eigenvalue weighted by Crippen LogP contribution is 2.43. The molecule has 0 atom stereocenters. The Morgan fingerprint density at radius 1 is 1.14 bits per heavy atom. The lowest BCUT2D eigenvalue weighted by Gasteiger charge is -2.38. The van der Waals surface area contributed by atoms with Crippen LogP contribution in [0.2, 0.25) is 0 Å². The van der Waals surface area contributed by atoms with Gasteiger partial charge in [0.05, 0.1) is 12.0 Å². The fraction of sp³-hybridized carbons (Fsp3) is 0.440. The summed E-state index contributed by atoms with van der Waals surface area (Å²) in [5.41, 5.74) is 1.78. The highest BCUT2D eigenvalue weighted by Gasteiger charge is 2.42. The Balaban J connectivity index is 1.25. The van der Waals surface area contributed by atoms with Crippen LogP contribution in [0.3, 0.4) is 0 Å². The van der Waals surface area contributed by atoms with Crippen molar-refractivity contribution in [3.05, 3.63) is 30.5 Å². The number of nitrogens with one attached hydrogen (secondary N) is 2. The molecule has 3 aromatic rings. The average molecular weight is 493 g/mol. The molecule has 2 aromatic heterocycles. The van der Waals surface area contributed by atoms with Crippen molar-refractivity contribution < 1.29 is 23.8 Å². The molecule has 0 saturated carbocycles. The maximum atomic E-state index is 12.3. The second-order valence-electron chi connectivity index (χ2n) is 10.3. The molecule has 0 bridgehead atoms. The van der Waals surface area contributed by atoms with Gasteiger partial charge in [-0.3, -0.25) is 4.79 Å². The number of aromatic nitrogens is 2. The Morgan fingerprint density at radius 2 is 1.92 bits per heavy atom. The predicted octanol–water partition coefficient (Wildman–Crippen LogP) is 4.05. The van der Waals surface area contributed by atoms with Crippen molar-refractivity contribution in [3.63, 3.8) is 0 Å². The number of carboxylic acid groups (broad SMARTS) is 1. The van der Waals surface area contributed by atoms with Gasteiger partial charge in [0.1, 0.15) is 11.3 Å². The summed E-state index contributed by atoms with van der Waals surface area (Å²) in [6.45, 7) is 6.19. The van der Waals surface area contributed by atoms with Crippen molar-refractivity contribution in [2.45, 2.75) is 38.7 Å². The monoisotopic (exact) mass is 492 g/mol. The molecule has 0 aliphatic carbocycles. The molecule has 3 aliphatic heterocycles. The molecule has 11 nitrogen and oxygen atoms in total. The molecule has 0 unspecified atom stereocenters. The van der Waals surface area contributed by atoms with E-state index in [2.05, 4.69) is 20.5 Å². The van der Waals surface area contributed by atoms with Crippen molar-refractivity contribution in [3.8, 4) is 5.75 Å². The van der Waals surface area contributed by atoms with Crippen LogP contribution >= 0.6 is 0 Å². The van der Waals surface area contributed by atoms with Crippen LogP contribution < -0.4 is 20.3 Å². The van der Waals surface area contributed by atoms with Gasteiger partial charge in [-0.25, -0.2) is 9.78 Å². The second kappa shape index (κ2) is 8.00. The van der Waals surface area contributed by atoms with Gasteiger partial charge in [0.2, 0.25) is 5.95 Å². The number of rotatable bonds is 3. The number of fused-ring (bicyclic) bond motifs is 2. The maximum absolute atomic E-state index is 12.3. The number of hydrogen-bond donors (Lipinski definition) is 3. The van der Waals surface area contributed by atoms with E-state index in [4.69, 9.17) is 14.1 Å². The van der Waals surface area contributed by atoms with Crippen LogP contribution in [0.5, 0.6) is 5.75 Å². The minimum atomic E-state index is -0.927. The third-order valence-electron chi connectivity index (χ3n) is 7.51. The molecule has 2 fully saturated rings. The van der Waals surface area contributed by atoms with Gasteiger partial charge in [0.25, 0.3) is 5.91 Å². The summed E-state index contributed by atoms with van der Waals surface area (Å²) < 4.78 is 11.6. The number of hydrogen-bond acceptors (Lipinski definition) is 8. The van der Waals surface area contributed by atoms with Crippen molar-refractivity contribution in [2.24, 2.45) is 5.41 Å². The minimum Gasteiger partial charge on any atom is -0.476 e. The number of carbonyl (C=O) groups is 2. The molecule has 3 N–H and O–H groups in total. The zero-order chi connectivity index (χ0) is 25.1.